The molecule has 0 aromatic heterocycles. The van der Waals surface area contributed by atoms with E-state index in [-0.39, 0.29) is 18.2 Å². The minimum absolute atomic E-state index is 0.00569. The second kappa shape index (κ2) is 9.19. The third-order valence-corrected chi connectivity index (χ3v) is 5.15. The van der Waals surface area contributed by atoms with Gasteiger partial charge in [0.05, 0.1) is 13.2 Å². The van der Waals surface area contributed by atoms with E-state index < -0.39 is 0 Å². The van der Waals surface area contributed by atoms with Gasteiger partial charge < -0.3 is 15.0 Å². The lowest BCUT2D eigenvalue weighted by molar-refractivity contribution is -0.0157. The molecule has 2 aromatic rings. The van der Waals surface area contributed by atoms with Gasteiger partial charge in [-0.2, -0.15) is 0 Å². The Morgan fingerprint density at radius 3 is 2.85 bits per heavy atom. The summed E-state index contributed by atoms with van der Waals surface area (Å²) in [6, 6.07) is 18.6. The van der Waals surface area contributed by atoms with Crippen LogP contribution in [0.3, 0.4) is 0 Å². The molecule has 0 bridgehead atoms. The van der Waals surface area contributed by atoms with Crippen molar-refractivity contribution in [2.75, 3.05) is 19.7 Å². The van der Waals surface area contributed by atoms with Crippen molar-refractivity contribution in [3.8, 4) is 0 Å². The van der Waals surface area contributed by atoms with E-state index in [1.54, 1.807) is 0 Å². The van der Waals surface area contributed by atoms with Gasteiger partial charge in [0.1, 0.15) is 6.10 Å². The van der Waals surface area contributed by atoms with E-state index in [0.29, 0.717) is 19.7 Å². The second-order valence-electron chi connectivity index (χ2n) is 6.74. The van der Waals surface area contributed by atoms with Crippen molar-refractivity contribution in [1.82, 2.24) is 10.2 Å². The van der Waals surface area contributed by atoms with Crippen LogP contribution in [0.1, 0.15) is 30.6 Å². The monoisotopic (exact) mass is 416 g/mol. The first-order valence-corrected chi connectivity index (χ1v) is 9.87. The molecule has 2 aromatic carbocycles. The molecule has 1 saturated heterocycles. The second-order valence-corrected chi connectivity index (χ2v) is 7.65. The van der Waals surface area contributed by atoms with Gasteiger partial charge >= 0.3 is 6.03 Å². The lowest BCUT2D eigenvalue weighted by atomic mass is 10.1. The number of urea groups is 1. The Morgan fingerprint density at radius 2 is 2.08 bits per heavy atom. The molecule has 1 fully saturated rings. The van der Waals surface area contributed by atoms with Crippen LogP contribution >= 0.6 is 15.9 Å². The van der Waals surface area contributed by atoms with Gasteiger partial charge in [0.15, 0.2) is 0 Å². The number of carbonyl (C=O) groups excluding carboxylic acids is 1. The molecule has 1 aliphatic rings. The number of hydrogen-bond donors (Lipinski definition) is 1. The Morgan fingerprint density at radius 1 is 1.27 bits per heavy atom. The largest absolute Gasteiger partial charge is 0.370 e. The first kappa shape index (κ1) is 18.9. The first-order valence-electron chi connectivity index (χ1n) is 9.08. The standard InChI is InChI=1S/C21H25BrN2O2/c1-16(10-11-17-6-3-2-4-7-17)23-21(25)24-12-13-26-20(15-24)18-8-5-9-19(22)14-18/h2-9,14,16,20H,10-13,15H2,1H3,(H,23,25). The third kappa shape index (κ3) is 5.32. The molecule has 0 spiro atoms. The van der Waals surface area contributed by atoms with Gasteiger partial charge in [0.25, 0.3) is 0 Å². The summed E-state index contributed by atoms with van der Waals surface area (Å²) in [6.07, 6.45) is 1.81. The van der Waals surface area contributed by atoms with Gasteiger partial charge in [0.2, 0.25) is 0 Å². The predicted octanol–water partition coefficient (Wildman–Crippen LogP) is 4.55. The minimum Gasteiger partial charge on any atom is -0.370 e. The summed E-state index contributed by atoms with van der Waals surface area (Å²) in [4.78, 5) is 14.5. The molecule has 1 N–H and O–H groups in total. The number of nitrogens with one attached hydrogen (secondary N) is 1. The molecule has 138 valence electrons. The Hall–Kier alpha value is -1.85. The molecule has 1 heterocycles. The van der Waals surface area contributed by atoms with Crippen LogP contribution in [-0.4, -0.2) is 36.7 Å². The van der Waals surface area contributed by atoms with Crippen molar-refractivity contribution < 1.29 is 9.53 Å². The number of halogens is 1. The Kier molecular flexibility index (Phi) is 6.69. The zero-order valence-corrected chi connectivity index (χ0v) is 16.6. The van der Waals surface area contributed by atoms with Crippen LogP contribution in [0.25, 0.3) is 0 Å². The molecule has 4 nitrogen and oxygen atoms in total. The summed E-state index contributed by atoms with van der Waals surface area (Å²) in [5, 5.41) is 3.13. The summed E-state index contributed by atoms with van der Waals surface area (Å²) >= 11 is 3.49. The highest BCUT2D eigenvalue weighted by Gasteiger charge is 2.26. The van der Waals surface area contributed by atoms with E-state index in [9.17, 15) is 4.79 Å². The zero-order valence-electron chi connectivity index (χ0n) is 15.0. The zero-order chi connectivity index (χ0) is 18.4. The molecule has 2 atom stereocenters. The fourth-order valence-electron chi connectivity index (χ4n) is 3.14. The van der Waals surface area contributed by atoms with E-state index in [1.165, 1.54) is 5.56 Å². The summed E-state index contributed by atoms with van der Waals surface area (Å²) in [6.45, 7) is 3.82. The first-order chi connectivity index (χ1) is 12.6. The molecule has 0 aliphatic carbocycles. The van der Waals surface area contributed by atoms with Crippen molar-refractivity contribution in [3.63, 3.8) is 0 Å². The highest BCUT2D eigenvalue weighted by atomic mass is 79.9. The maximum Gasteiger partial charge on any atom is 0.317 e. The molecule has 2 unspecified atom stereocenters. The summed E-state index contributed by atoms with van der Waals surface area (Å²) < 4.78 is 6.89. The number of morpholine rings is 1. The topological polar surface area (TPSA) is 41.6 Å². The quantitative estimate of drug-likeness (QED) is 0.776. The van der Waals surface area contributed by atoms with Crippen molar-refractivity contribution in [1.29, 1.82) is 0 Å². The number of hydrogen-bond acceptors (Lipinski definition) is 2. The number of nitrogens with zero attached hydrogens (tertiary/aromatic N) is 1. The Balaban J connectivity index is 1.50. The van der Waals surface area contributed by atoms with Gasteiger partial charge in [-0.1, -0.05) is 58.4 Å². The average molecular weight is 417 g/mol. The Bertz CT molecular complexity index is 723. The van der Waals surface area contributed by atoms with E-state index in [2.05, 4.69) is 46.4 Å². The van der Waals surface area contributed by atoms with Gasteiger partial charge in [0, 0.05) is 17.1 Å². The number of amides is 2. The molecule has 1 aliphatic heterocycles. The minimum atomic E-state index is -0.0772. The maximum atomic E-state index is 12.6. The molecular weight excluding hydrogens is 392 g/mol. The van der Waals surface area contributed by atoms with Crippen molar-refractivity contribution in [2.45, 2.75) is 31.9 Å². The summed E-state index contributed by atoms with van der Waals surface area (Å²) in [5.74, 6) is 0. The van der Waals surface area contributed by atoms with Crippen LogP contribution in [0.5, 0.6) is 0 Å². The molecule has 26 heavy (non-hydrogen) atoms. The normalized spacial score (nSPS) is 18.4. The number of rotatable bonds is 5. The molecule has 3 rings (SSSR count). The van der Waals surface area contributed by atoms with E-state index in [1.807, 2.05) is 41.3 Å². The average Bonchev–Trinajstić information content (AvgIpc) is 2.67. The lowest BCUT2D eigenvalue weighted by Gasteiger charge is -2.34. The number of benzene rings is 2. The Labute approximate surface area is 163 Å². The number of carbonyl (C=O) groups is 1. The molecule has 5 heteroatoms. The number of ether oxygens (including phenoxy) is 1. The van der Waals surface area contributed by atoms with Crippen molar-refractivity contribution >= 4 is 22.0 Å². The van der Waals surface area contributed by atoms with Crippen LogP contribution in [0.4, 0.5) is 4.79 Å². The SMILES string of the molecule is CC(CCc1ccccc1)NC(=O)N1CCOC(c2cccc(Br)c2)C1. The lowest BCUT2D eigenvalue weighted by Crippen LogP contribution is -2.49. The molecular formula is C21H25BrN2O2. The van der Waals surface area contributed by atoms with E-state index >= 15 is 0 Å². The predicted molar refractivity (Wildman–Crippen MR) is 107 cm³/mol. The highest BCUT2D eigenvalue weighted by molar-refractivity contribution is 9.10. The summed E-state index contributed by atoms with van der Waals surface area (Å²) in [7, 11) is 0. The smallest absolute Gasteiger partial charge is 0.317 e. The van der Waals surface area contributed by atoms with Gasteiger partial charge in [-0.3, -0.25) is 0 Å². The van der Waals surface area contributed by atoms with Crippen LogP contribution < -0.4 is 5.32 Å². The van der Waals surface area contributed by atoms with Crippen molar-refractivity contribution in [2.24, 2.45) is 0 Å². The number of aryl methyl sites for hydroxylation is 1. The van der Waals surface area contributed by atoms with Crippen LogP contribution in [0.15, 0.2) is 59.1 Å². The van der Waals surface area contributed by atoms with Crippen LogP contribution in [0, 0.1) is 0 Å². The van der Waals surface area contributed by atoms with Crippen LogP contribution in [-0.2, 0) is 11.2 Å². The summed E-state index contributed by atoms with van der Waals surface area (Å²) in [5.41, 5.74) is 2.39. The fraction of sp³-hybridized carbons (Fsp3) is 0.381. The highest BCUT2D eigenvalue weighted by Crippen LogP contribution is 2.24. The van der Waals surface area contributed by atoms with Crippen LogP contribution in [0.2, 0.25) is 0 Å². The third-order valence-electron chi connectivity index (χ3n) is 4.65. The van der Waals surface area contributed by atoms with E-state index in [4.69, 9.17) is 4.74 Å². The van der Waals surface area contributed by atoms with Gasteiger partial charge in [-0.05, 0) is 43.0 Å². The molecule has 0 saturated carbocycles. The maximum absolute atomic E-state index is 12.6. The van der Waals surface area contributed by atoms with Gasteiger partial charge in [-0.15, -0.1) is 0 Å². The van der Waals surface area contributed by atoms with Gasteiger partial charge in [-0.25, -0.2) is 4.79 Å². The van der Waals surface area contributed by atoms with Crippen molar-refractivity contribution in [3.05, 3.63) is 70.2 Å². The van der Waals surface area contributed by atoms with E-state index in [0.717, 1.165) is 22.9 Å². The fourth-order valence-corrected chi connectivity index (χ4v) is 3.56. The molecule has 0 radical (unpaired) electrons. The molecule has 2 amide bonds.